The molecule has 4 aromatic rings. The van der Waals surface area contributed by atoms with Crippen molar-refractivity contribution >= 4 is 16.8 Å². The maximum atomic E-state index is 13.2. The number of para-hydroxylation sites is 1. The molecule has 2 heterocycles. The van der Waals surface area contributed by atoms with Crippen LogP contribution in [0.3, 0.4) is 0 Å². The van der Waals surface area contributed by atoms with E-state index in [9.17, 15) is 14.4 Å². The normalized spacial score (nSPS) is 11.0. The first-order chi connectivity index (χ1) is 15.1. The van der Waals surface area contributed by atoms with Crippen molar-refractivity contribution in [1.82, 2.24) is 14.0 Å². The lowest BCUT2D eigenvalue weighted by Crippen LogP contribution is -2.43. The zero-order chi connectivity index (χ0) is 21.8. The highest BCUT2D eigenvalue weighted by molar-refractivity contribution is 5.81. The van der Waals surface area contributed by atoms with E-state index in [2.05, 4.69) is 0 Å². The largest absolute Gasteiger partial charge is 0.467 e. The van der Waals surface area contributed by atoms with Gasteiger partial charge in [-0.2, -0.15) is 0 Å². The first-order valence-electron chi connectivity index (χ1n) is 10.1. The number of benzene rings is 2. The molecule has 0 bridgehead atoms. The minimum atomic E-state index is -0.538. The Morgan fingerprint density at radius 2 is 1.68 bits per heavy atom. The molecule has 158 valence electrons. The quantitative estimate of drug-likeness (QED) is 0.463. The van der Waals surface area contributed by atoms with Crippen molar-refractivity contribution < 1.29 is 9.21 Å². The number of furan rings is 1. The molecule has 0 aliphatic heterocycles. The Labute approximate surface area is 178 Å². The highest BCUT2D eigenvalue weighted by atomic mass is 16.3. The second-order valence-electron chi connectivity index (χ2n) is 7.25. The zero-order valence-electron chi connectivity index (χ0n) is 17.2. The SMILES string of the molecule is CCN(Cc1ccccc1)C(=O)Cn1c(=O)n(Cc2ccco2)c(=O)c2ccccc21. The molecule has 31 heavy (non-hydrogen) atoms. The molecular weight excluding hydrogens is 394 g/mol. The summed E-state index contributed by atoms with van der Waals surface area (Å²) in [5.41, 5.74) is 0.511. The van der Waals surface area contributed by atoms with Crippen LogP contribution in [-0.4, -0.2) is 26.5 Å². The van der Waals surface area contributed by atoms with Crippen LogP contribution in [0.15, 0.2) is 87.0 Å². The first kappa shape index (κ1) is 20.4. The summed E-state index contributed by atoms with van der Waals surface area (Å²) in [6, 6.07) is 20.0. The molecule has 0 N–H and O–H groups in total. The van der Waals surface area contributed by atoms with E-state index in [-0.39, 0.29) is 19.0 Å². The van der Waals surface area contributed by atoms with Gasteiger partial charge in [0.15, 0.2) is 0 Å². The van der Waals surface area contributed by atoms with E-state index in [4.69, 9.17) is 4.42 Å². The van der Waals surface area contributed by atoms with Gasteiger partial charge in [-0.25, -0.2) is 4.79 Å². The molecule has 0 spiro atoms. The molecule has 0 radical (unpaired) electrons. The molecule has 0 aliphatic rings. The van der Waals surface area contributed by atoms with Gasteiger partial charge in [-0.3, -0.25) is 18.7 Å². The molecule has 0 saturated carbocycles. The van der Waals surface area contributed by atoms with Gasteiger partial charge >= 0.3 is 5.69 Å². The molecule has 7 nitrogen and oxygen atoms in total. The summed E-state index contributed by atoms with van der Waals surface area (Å²) in [5.74, 6) is 0.299. The molecular formula is C24H23N3O4. The van der Waals surface area contributed by atoms with Gasteiger partial charge in [0.1, 0.15) is 12.3 Å². The molecule has 2 aromatic carbocycles. The first-order valence-corrected chi connectivity index (χ1v) is 10.1. The van der Waals surface area contributed by atoms with E-state index < -0.39 is 11.2 Å². The van der Waals surface area contributed by atoms with Gasteiger partial charge in [0.25, 0.3) is 5.56 Å². The second-order valence-corrected chi connectivity index (χ2v) is 7.25. The Kier molecular flexibility index (Phi) is 5.84. The van der Waals surface area contributed by atoms with E-state index >= 15 is 0 Å². The fourth-order valence-corrected chi connectivity index (χ4v) is 3.64. The van der Waals surface area contributed by atoms with E-state index in [0.717, 1.165) is 10.1 Å². The number of likely N-dealkylation sites (N-methyl/N-ethyl adjacent to an activating group) is 1. The monoisotopic (exact) mass is 417 g/mol. The van der Waals surface area contributed by atoms with Crippen LogP contribution < -0.4 is 11.2 Å². The number of fused-ring (bicyclic) bond motifs is 1. The van der Waals surface area contributed by atoms with Crippen molar-refractivity contribution in [3.63, 3.8) is 0 Å². The predicted octanol–water partition coefficient (Wildman–Crippen LogP) is 2.85. The topological polar surface area (TPSA) is 77.5 Å². The molecule has 0 saturated heterocycles. The number of rotatable bonds is 7. The van der Waals surface area contributed by atoms with Crippen LogP contribution in [0.2, 0.25) is 0 Å². The van der Waals surface area contributed by atoms with Crippen LogP contribution in [0.4, 0.5) is 0 Å². The maximum absolute atomic E-state index is 13.2. The van der Waals surface area contributed by atoms with E-state index in [1.165, 1.54) is 10.8 Å². The van der Waals surface area contributed by atoms with E-state index in [1.807, 2.05) is 37.3 Å². The number of hydrogen-bond acceptors (Lipinski definition) is 4. The molecule has 1 amide bonds. The van der Waals surface area contributed by atoms with Crippen LogP contribution in [0.5, 0.6) is 0 Å². The summed E-state index contributed by atoms with van der Waals surface area (Å²) < 4.78 is 7.80. The maximum Gasteiger partial charge on any atom is 0.332 e. The molecule has 7 heteroatoms. The third-order valence-electron chi connectivity index (χ3n) is 5.27. The molecule has 0 fully saturated rings. The lowest BCUT2D eigenvalue weighted by Gasteiger charge is -2.22. The Morgan fingerprint density at radius 3 is 2.39 bits per heavy atom. The van der Waals surface area contributed by atoms with Gasteiger partial charge in [-0.15, -0.1) is 0 Å². The minimum Gasteiger partial charge on any atom is -0.467 e. The number of amides is 1. The van der Waals surface area contributed by atoms with Crippen molar-refractivity contribution in [2.24, 2.45) is 0 Å². The Bertz CT molecular complexity index is 1300. The summed E-state index contributed by atoms with van der Waals surface area (Å²) in [6.07, 6.45) is 1.49. The average Bonchev–Trinajstić information content (AvgIpc) is 3.32. The van der Waals surface area contributed by atoms with Crippen LogP contribution in [0.1, 0.15) is 18.2 Å². The van der Waals surface area contributed by atoms with Crippen LogP contribution in [0.25, 0.3) is 10.9 Å². The smallest absolute Gasteiger partial charge is 0.332 e. The molecule has 4 rings (SSSR count). The summed E-state index contributed by atoms with van der Waals surface area (Å²) in [5, 5.41) is 0.382. The third kappa shape index (κ3) is 4.21. The Balaban J connectivity index is 1.73. The van der Waals surface area contributed by atoms with E-state index in [1.54, 1.807) is 41.3 Å². The molecule has 2 aromatic heterocycles. The van der Waals surface area contributed by atoms with Crippen molar-refractivity contribution in [3.05, 3.63) is 105 Å². The van der Waals surface area contributed by atoms with Gasteiger partial charge in [-0.1, -0.05) is 42.5 Å². The lowest BCUT2D eigenvalue weighted by molar-refractivity contribution is -0.132. The summed E-state index contributed by atoms with van der Waals surface area (Å²) in [4.78, 5) is 41.0. The van der Waals surface area contributed by atoms with Gasteiger partial charge in [0.05, 0.1) is 23.7 Å². The third-order valence-corrected chi connectivity index (χ3v) is 5.27. The van der Waals surface area contributed by atoms with Crippen molar-refractivity contribution in [1.29, 1.82) is 0 Å². The fourth-order valence-electron chi connectivity index (χ4n) is 3.64. The fraction of sp³-hybridized carbons (Fsp3) is 0.208. The minimum absolute atomic E-state index is 0.00516. The average molecular weight is 417 g/mol. The molecule has 0 atom stereocenters. The van der Waals surface area contributed by atoms with Crippen LogP contribution in [0, 0.1) is 0 Å². The summed E-state index contributed by atoms with van der Waals surface area (Å²) >= 11 is 0. The van der Waals surface area contributed by atoms with Crippen molar-refractivity contribution in [3.8, 4) is 0 Å². The van der Waals surface area contributed by atoms with Gasteiger partial charge < -0.3 is 9.32 Å². The summed E-state index contributed by atoms with van der Waals surface area (Å²) in [7, 11) is 0. The summed E-state index contributed by atoms with van der Waals surface area (Å²) in [6.45, 7) is 2.71. The highest BCUT2D eigenvalue weighted by Gasteiger charge is 2.19. The lowest BCUT2D eigenvalue weighted by atomic mass is 10.2. The number of carbonyl (C=O) groups is 1. The van der Waals surface area contributed by atoms with Gasteiger partial charge in [-0.05, 0) is 36.8 Å². The number of carbonyl (C=O) groups excluding carboxylic acids is 1. The van der Waals surface area contributed by atoms with Crippen LogP contribution >= 0.6 is 0 Å². The highest BCUT2D eigenvalue weighted by Crippen LogP contribution is 2.11. The number of nitrogens with zero attached hydrogens (tertiary/aromatic N) is 3. The van der Waals surface area contributed by atoms with Gasteiger partial charge in [0, 0.05) is 13.1 Å². The van der Waals surface area contributed by atoms with Crippen LogP contribution in [-0.2, 0) is 24.4 Å². The number of aromatic nitrogens is 2. The zero-order valence-corrected chi connectivity index (χ0v) is 17.2. The van der Waals surface area contributed by atoms with E-state index in [0.29, 0.717) is 29.8 Å². The second kappa shape index (κ2) is 8.87. The Morgan fingerprint density at radius 1 is 0.935 bits per heavy atom. The van der Waals surface area contributed by atoms with Crippen molar-refractivity contribution in [2.75, 3.05) is 6.54 Å². The van der Waals surface area contributed by atoms with Gasteiger partial charge in [0.2, 0.25) is 5.91 Å². The Hall–Kier alpha value is -3.87. The molecule has 0 unspecified atom stereocenters. The predicted molar refractivity (Wildman–Crippen MR) is 118 cm³/mol. The standard InChI is InChI=1S/C24H23N3O4/c1-2-25(15-18-9-4-3-5-10-18)22(28)17-26-21-13-7-6-12-20(21)23(29)27(24(26)30)16-19-11-8-14-31-19/h3-14H,2,15-17H2,1H3. The molecule has 0 aliphatic carbocycles. The van der Waals surface area contributed by atoms with Crippen molar-refractivity contribution in [2.45, 2.75) is 26.6 Å². The number of hydrogen-bond donors (Lipinski definition) is 0.